The van der Waals surface area contributed by atoms with E-state index in [4.69, 9.17) is 4.52 Å². The molecule has 0 aliphatic carbocycles. The van der Waals surface area contributed by atoms with Crippen molar-refractivity contribution < 1.29 is 9.32 Å². The first-order chi connectivity index (χ1) is 11.9. The molecule has 0 fully saturated rings. The standard InChI is InChI=1S/C19H26BrN3O2/c1-5-14(4)23(18(24)12-13(2)3)11-10-17-21-19(22-25-17)15-6-8-16(20)9-7-15/h6-9,13-14H,5,10-12H2,1-4H3. The Labute approximate surface area is 157 Å². The van der Waals surface area contributed by atoms with E-state index in [-0.39, 0.29) is 11.9 Å². The molecule has 1 aromatic heterocycles. The second-order valence-electron chi connectivity index (χ2n) is 6.71. The minimum Gasteiger partial charge on any atom is -0.339 e. The highest BCUT2D eigenvalue weighted by molar-refractivity contribution is 9.10. The SMILES string of the molecule is CCC(C)N(CCc1nc(-c2ccc(Br)cc2)no1)C(=O)CC(C)C. The molecule has 1 unspecified atom stereocenters. The molecule has 0 N–H and O–H groups in total. The van der Waals surface area contributed by atoms with Gasteiger partial charge in [-0.2, -0.15) is 4.98 Å². The van der Waals surface area contributed by atoms with Gasteiger partial charge in [0.2, 0.25) is 17.6 Å². The molecule has 136 valence electrons. The van der Waals surface area contributed by atoms with Crippen LogP contribution in [0.5, 0.6) is 0 Å². The molecular weight excluding hydrogens is 382 g/mol. The van der Waals surface area contributed by atoms with Gasteiger partial charge in [0.15, 0.2) is 0 Å². The van der Waals surface area contributed by atoms with Gasteiger partial charge in [-0.1, -0.05) is 41.9 Å². The number of hydrogen-bond donors (Lipinski definition) is 0. The molecule has 0 bridgehead atoms. The van der Waals surface area contributed by atoms with Crippen molar-refractivity contribution in [1.29, 1.82) is 0 Å². The molecule has 2 rings (SSSR count). The van der Waals surface area contributed by atoms with Crippen LogP contribution in [-0.4, -0.2) is 33.5 Å². The van der Waals surface area contributed by atoms with Crippen LogP contribution in [-0.2, 0) is 11.2 Å². The summed E-state index contributed by atoms with van der Waals surface area (Å²) >= 11 is 3.41. The van der Waals surface area contributed by atoms with Crippen molar-refractivity contribution in [2.24, 2.45) is 5.92 Å². The molecule has 0 saturated carbocycles. The Balaban J connectivity index is 2.02. The first-order valence-corrected chi connectivity index (χ1v) is 9.58. The van der Waals surface area contributed by atoms with Gasteiger partial charge in [-0.3, -0.25) is 4.79 Å². The third kappa shape index (κ3) is 5.66. The molecule has 0 saturated heterocycles. The quantitative estimate of drug-likeness (QED) is 0.635. The number of nitrogens with zero attached hydrogens (tertiary/aromatic N) is 3. The van der Waals surface area contributed by atoms with Crippen LogP contribution >= 0.6 is 15.9 Å². The fourth-order valence-electron chi connectivity index (χ4n) is 2.57. The normalized spacial score (nSPS) is 12.4. The van der Waals surface area contributed by atoms with E-state index in [1.54, 1.807) is 0 Å². The lowest BCUT2D eigenvalue weighted by molar-refractivity contribution is -0.134. The lowest BCUT2D eigenvalue weighted by Gasteiger charge is -2.29. The Morgan fingerprint density at radius 3 is 2.52 bits per heavy atom. The van der Waals surface area contributed by atoms with Gasteiger partial charge in [-0.25, -0.2) is 0 Å². The molecule has 1 amide bonds. The van der Waals surface area contributed by atoms with Crippen molar-refractivity contribution in [3.8, 4) is 11.4 Å². The zero-order valence-corrected chi connectivity index (χ0v) is 16.9. The molecule has 25 heavy (non-hydrogen) atoms. The Morgan fingerprint density at radius 2 is 1.92 bits per heavy atom. The van der Waals surface area contributed by atoms with Crippen LogP contribution in [0.1, 0.15) is 46.4 Å². The van der Waals surface area contributed by atoms with Crippen molar-refractivity contribution in [3.05, 3.63) is 34.6 Å². The Morgan fingerprint density at radius 1 is 1.24 bits per heavy atom. The molecule has 1 atom stereocenters. The predicted molar refractivity (Wildman–Crippen MR) is 102 cm³/mol. The van der Waals surface area contributed by atoms with Crippen LogP contribution in [0.2, 0.25) is 0 Å². The Hall–Kier alpha value is -1.69. The molecule has 6 heteroatoms. The van der Waals surface area contributed by atoms with Crippen molar-refractivity contribution in [1.82, 2.24) is 15.0 Å². The van der Waals surface area contributed by atoms with E-state index >= 15 is 0 Å². The van der Waals surface area contributed by atoms with E-state index in [2.05, 4.69) is 53.8 Å². The van der Waals surface area contributed by atoms with Crippen molar-refractivity contribution in [2.75, 3.05) is 6.54 Å². The van der Waals surface area contributed by atoms with Crippen molar-refractivity contribution in [3.63, 3.8) is 0 Å². The van der Waals surface area contributed by atoms with Crippen LogP contribution in [0.25, 0.3) is 11.4 Å². The summed E-state index contributed by atoms with van der Waals surface area (Å²) in [6.45, 7) is 8.91. The molecule has 1 aromatic carbocycles. The summed E-state index contributed by atoms with van der Waals surface area (Å²) in [4.78, 5) is 18.9. The average molecular weight is 408 g/mol. The maximum atomic E-state index is 12.5. The van der Waals surface area contributed by atoms with Crippen molar-refractivity contribution in [2.45, 2.75) is 53.0 Å². The van der Waals surface area contributed by atoms with Gasteiger partial charge >= 0.3 is 0 Å². The molecule has 0 radical (unpaired) electrons. The number of halogens is 1. The first kappa shape index (κ1) is 19.6. The van der Waals surface area contributed by atoms with E-state index in [9.17, 15) is 4.79 Å². The maximum Gasteiger partial charge on any atom is 0.228 e. The van der Waals surface area contributed by atoms with Gasteiger partial charge in [0.05, 0.1) is 0 Å². The largest absolute Gasteiger partial charge is 0.339 e. The molecule has 0 aliphatic heterocycles. The van der Waals surface area contributed by atoms with E-state index < -0.39 is 0 Å². The second-order valence-corrected chi connectivity index (χ2v) is 7.63. The lowest BCUT2D eigenvalue weighted by atomic mass is 10.1. The summed E-state index contributed by atoms with van der Waals surface area (Å²) in [5, 5.41) is 4.05. The van der Waals surface area contributed by atoms with Gasteiger partial charge in [0.25, 0.3) is 0 Å². The second kappa shape index (κ2) is 9.13. The van der Waals surface area contributed by atoms with Crippen LogP contribution in [0, 0.1) is 5.92 Å². The van der Waals surface area contributed by atoms with E-state index in [1.165, 1.54) is 0 Å². The summed E-state index contributed by atoms with van der Waals surface area (Å²) < 4.78 is 6.37. The fourth-order valence-corrected chi connectivity index (χ4v) is 2.83. The molecule has 2 aromatic rings. The highest BCUT2D eigenvalue weighted by atomic mass is 79.9. The van der Waals surface area contributed by atoms with E-state index in [0.29, 0.717) is 37.0 Å². The highest BCUT2D eigenvalue weighted by Gasteiger charge is 2.20. The number of amides is 1. The maximum absolute atomic E-state index is 12.5. The number of benzene rings is 1. The monoisotopic (exact) mass is 407 g/mol. The fraction of sp³-hybridized carbons (Fsp3) is 0.526. The minimum absolute atomic E-state index is 0.192. The molecular formula is C19H26BrN3O2. The third-order valence-corrected chi connectivity index (χ3v) is 4.69. The summed E-state index contributed by atoms with van der Waals surface area (Å²) in [6.07, 6.45) is 2.06. The minimum atomic E-state index is 0.192. The summed E-state index contributed by atoms with van der Waals surface area (Å²) in [7, 11) is 0. The highest BCUT2D eigenvalue weighted by Crippen LogP contribution is 2.19. The Kier molecular flexibility index (Phi) is 7.17. The van der Waals surface area contributed by atoms with Gasteiger partial charge < -0.3 is 9.42 Å². The summed E-state index contributed by atoms with van der Waals surface area (Å²) in [5.74, 6) is 1.68. The van der Waals surface area contributed by atoms with Crippen LogP contribution in [0.15, 0.2) is 33.3 Å². The third-order valence-electron chi connectivity index (χ3n) is 4.16. The molecule has 1 heterocycles. The molecule has 0 spiro atoms. The van der Waals surface area contributed by atoms with E-state index in [0.717, 1.165) is 16.5 Å². The smallest absolute Gasteiger partial charge is 0.228 e. The summed E-state index contributed by atoms with van der Waals surface area (Å²) in [6, 6.07) is 7.98. The average Bonchev–Trinajstić information content (AvgIpc) is 3.03. The van der Waals surface area contributed by atoms with Crippen LogP contribution < -0.4 is 0 Å². The number of rotatable bonds is 8. The number of carbonyl (C=O) groups excluding carboxylic acids is 1. The van der Waals surface area contributed by atoms with Crippen LogP contribution in [0.3, 0.4) is 0 Å². The topological polar surface area (TPSA) is 59.2 Å². The zero-order valence-electron chi connectivity index (χ0n) is 15.3. The van der Waals surface area contributed by atoms with E-state index in [1.807, 2.05) is 29.2 Å². The number of aromatic nitrogens is 2. The first-order valence-electron chi connectivity index (χ1n) is 8.78. The number of hydrogen-bond acceptors (Lipinski definition) is 4. The zero-order chi connectivity index (χ0) is 18.4. The van der Waals surface area contributed by atoms with Crippen LogP contribution in [0.4, 0.5) is 0 Å². The lowest BCUT2D eigenvalue weighted by Crippen LogP contribution is -2.40. The molecule has 5 nitrogen and oxygen atoms in total. The van der Waals surface area contributed by atoms with Crippen molar-refractivity contribution >= 4 is 21.8 Å². The predicted octanol–water partition coefficient (Wildman–Crippen LogP) is 4.71. The van der Waals surface area contributed by atoms with Gasteiger partial charge in [-0.15, -0.1) is 0 Å². The van der Waals surface area contributed by atoms with Gasteiger partial charge in [-0.05, 0) is 43.5 Å². The Bertz CT molecular complexity index is 682. The molecule has 0 aliphatic rings. The van der Waals surface area contributed by atoms with Gasteiger partial charge in [0.1, 0.15) is 0 Å². The number of carbonyl (C=O) groups is 1. The summed E-state index contributed by atoms with van der Waals surface area (Å²) in [5.41, 5.74) is 0.910. The van der Waals surface area contributed by atoms with Gasteiger partial charge in [0, 0.05) is 35.5 Å².